The largest absolute Gasteiger partial charge is 0.481 e. The van der Waals surface area contributed by atoms with E-state index < -0.39 is 5.97 Å². The Hall–Kier alpha value is -1.43. The molecule has 1 fully saturated rings. The van der Waals surface area contributed by atoms with E-state index in [-0.39, 0.29) is 17.9 Å². The maximum absolute atomic E-state index is 12.0. The van der Waals surface area contributed by atoms with Gasteiger partial charge in [0.25, 0.3) is 5.91 Å². The summed E-state index contributed by atoms with van der Waals surface area (Å²) < 4.78 is 0. The van der Waals surface area contributed by atoms with E-state index in [0.29, 0.717) is 23.6 Å². The van der Waals surface area contributed by atoms with Crippen molar-refractivity contribution >= 4 is 23.2 Å². The third kappa shape index (κ3) is 3.32. The molecule has 2 N–H and O–H groups in total. The number of thiazole rings is 1. The predicted octanol–water partition coefficient (Wildman–Crippen LogP) is 2.25. The zero-order valence-electron chi connectivity index (χ0n) is 11.0. The number of hydrogen-bond acceptors (Lipinski definition) is 4. The van der Waals surface area contributed by atoms with E-state index >= 15 is 0 Å². The molecule has 0 unspecified atom stereocenters. The number of carboxylic acids is 1. The van der Waals surface area contributed by atoms with Crippen LogP contribution in [0, 0.1) is 5.92 Å². The van der Waals surface area contributed by atoms with Gasteiger partial charge in [0.2, 0.25) is 0 Å². The van der Waals surface area contributed by atoms with Gasteiger partial charge in [-0.2, -0.15) is 0 Å². The van der Waals surface area contributed by atoms with Gasteiger partial charge in [-0.15, -0.1) is 11.3 Å². The smallest absolute Gasteiger partial charge is 0.306 e. The Balaban J connectivity index is 1.92. The lowest BCUT2D eigenvalue weighted by Crippen LogP contribution is -2.32. The van der Waals surface area contributed by atoms with Crippen molar-refractivity contribution in [1.29, 1.82) is 0 Å². The number of carbonyl (C=O) groups is 2. The van der Waals surface area contributed by atoms with Crippen LogP contribution in [0.25, 0.3) is 0 Å². The number of aliphatic carboxylic acids is 1. The molecule has 1 saturated carbocycles. The fourth-order valence-electron chi connectivity index (χ4n) is 2.25. The Morgan fingerprint density at radius 3 is 2.74 bits per heavy atom. The first-order valence-corrected chi connectivity index (χ1v) is 7.28. The van der Waals surface area contributed by atoms with Crippen molar-refractivity contribution in [3.63, 3.8) is 0 Å². The summed E-state index contributed by atoms with van der Waals surface area (Å²) in [6.45, 7) is 4.07. The van der Waals surface area contributed by atoms with Gasteiger partial charge in [-0.05, 0) is 19.3 Å². The molecule has 0 aromatic carbocycles. The number of hydrogen-bond donors (Lipinski definition) is 2. The Bertz CT molecular complexity index is 484. The molecular formula is C13H18N2O3S. The maximum atomic E-state index is 12.0. The molecule has 1 aromatic heterocycles. The average molecular weight is 282 g/mol. The molecule has 0 bridgehead atoms. The Morgan fingerprint density at radius 1 is 1.47 bits per heavy atom. The van der Waals surface area contributed by atoms with Crippen LogP contribution < -0.4 is 5.32 Å². The van der Waals surface area contributed by atoms with Crippen LogP contribution in [0.15, 0.2) is 6.20 Å². The second-order valence-electron chi connectivity index (χ2n) is 5.24. The highest BCUT2D eigenvalue weighted by Crippen LogP contribution is 2.26. The van der Waals surface area contributed by atoms with Crippen molar-refractivity contribution in [3.8, 4) is 0 Å². The van der Waals surface area contributed by atoms with E-state index in [1.54, 1.807) is 6.20 Å². The minimum atomic E-state index is -0.767. The number of carboxylic acid groups (broad SMARTS) is 1. The van der Waals surface area contributed by atoms with Crippen LogP contribution in [0.1, 0.15) is 53.7 Å². The van der Waals surface area contributed by atoms with Gasteiger partial charge in [0.05, 0.1) is 17.1 Å². The first-order chi connectivity index (χ1) is 8.97. The summed E-state index contributed by atoms with van der Waals surface area (Å²) in [6.07, 6.45) is 3.49. The molecule has 2 rings (SSSR count). The van der Waals surface area contributed by atoms with E-state index in [2.05, 4.69) is 10.3 Å². The molecule has 104 valence electrons. The molecule has 0 saturated heterocycles. The van der Waals surface area contributed by atoms with Crippen LogP contribution >= 0.6 is 11.3 Å². The molecule has 0 spiro atoms. The van der Waals surface area contributed by atoms with Crippen LogP contribution in [0.5, 0.6) is 0 Å². The van der Waals surface area contributed by atoms with Gasteiger partial charge >= 0.3 is 5.97 Å². The van der Waals surface area contributed by atoms with Crippen LogP contribution in [0.2, 0.25) is 0 Å². The minimum absolute atomic E-state index is 0.0294. The molecule has 1 aromatic rings. The van der Waals surface area contributed by atoms with Gasteiger partial charge in [-0.25, -0.2) is 4.98 Å². The van der Waals surface area contributed by atoms with E-state index in [4.69, 9.17) is 5.11 Å². The third-order valence-electron chi connectivity index (χ3n) is 3.36. The topological polar surface area (TPSA) is 79.3 Å². The van der Waals surface area contributed by atoms with Crippen LogP contribution in [-0.2, 0) is 4.79 Å². The van der Waals surface area contributed by atoms with Crippen LogP contribution in [0.3, 0.4) is 0 Å². The zero-order valence-corrected chi connectivity index (χ0v) is 11.9. The second-order valence-corrected chi connectivity index (χ2v) is 6.30. The van der Waals surface area contributed by atoms with Crippen LogP contribution in [-0.4, -0.2) is 28.0 Å². The lowest BCUT2D eigenvalue weighted by atomic mass is 10.1. The SMILES string of the molecule is CC(C)c1ncc(C(=O)N[C@H]2CC[C@@H](C(=O)O)C2)s1. The maximum Gasteiger partial charge on any atom is 0.306 e. The van der Waals surface area contributed by atoms with Crippen molar-refractivity contribution in [2.45, 2.75) is 45.1 Å². The van der Waals surface area contributed by atoms with Gasteiger partial charge in [-0.1, -0.05) is 13.8 Å². The number of rotatable bonds is 4. The van der Waals surface area contributed by atoms with Gasteiger partial charge in [-0.3, -0.25) is 9.59 Å². The summed E-state index contributed by atoms with van der Waals surface area (Å²) in [5.74, 6) is -0.913. The average Bonchev–Trinajstić information content (AvgIpc) is 2.96. The highest BCUT2D eigenvalue weighted by Gasteiger charge is 2.30. The number of aromatic nitrogens is 1. The first kappa shape index (κ1) is 14.0. The molecule has 1 aliphatic carbocycles. The second kappa shape index (κ2) is 5.69. The lowest BCUT2D eigenvalue weighted by Gasteiger charge is -2.11. The Morgan fingerprint density at radius 2 is 2.21 bits per heavy atom. The van der Waals surface area contributed by atoms with Gasteiger partial charge in [0, 0.05) is 12.0 Å². The van der Waals surface area contributed by atoms with E-state index in [9.17, 15) is 9.59 Å². The zero-order chi connectivity index (χ0) is 14.0. The van der Waals surface area contributed by atoms with Crippen molar-refractivity contribution in [2.24, 2.45) is 5.92 Å². The number of nitrogens with zero attached hydrogens (tertiary/aromatic N) is 1. The third-order valence-corrected chi connectivity index (χ3v) is 4.66. The molecule has 6 heteroatoms. The normalized spacial score (nSPS) is 22.7. The number of nitrogens with one attached hydrogen (secondary N) is 1. The highest BCUT2D eigenvalue weighted by molar-refractivity contribution is 7.13. The predicted molar refractivity (Wildman–Crippen MR) is 72.4 cm³/mol. The van der Waals surface area contributed by atoms with E-state index in [1.165, 1.54) is 11.3 Å². The Kier molecular flexibility index (Phi) is 4.19. The highest BCUT2D eigenvalue weighted by atomic mass is 32.1. The molecule has 19 heavy (non-hydrogen) atoms. The van der Waals surface area contributed by atoms with Gasteiger partial charge in [0.1, 0.15) is 4.88 Å². The molecular weight excluding hydrogens is 264 g/mol. The van der Waals surface area contributed by atoms with Crippen molar-refractivity contribution in [2.75, 3.05) is 0 Å². The standard InChI is InChI=1S/C13H18N2O3S/c1-7(2)12-14-6-10(19-12)11(16)15-9-4-3-8(5-9)13(17)18/h6-9H,3-5H2,1-2H3,(H,15,16)(H,17,18)/t8-,9+/m1/s1. The molecule has 1 aliphatic rings. The monoisotopic (exact) mass is 282 g/mol. The molecule has 1 amide bonds. The fraction of sp³-hybridized carbons (Fsp3) is 0.615. The first-order valence-electron chi connectivity index (χ1n) is 6.46. The lowest BCUT2D eigenvalue weighted by molar-refractivity contribution is -0.141. The summed E-state index contributed by atoms with van der Waals surface area (Å²) in [5.41, 5.74) is 0. The Labute approximate surface area is 116 Å². The molecule has 1 heterocycles. The number of amides is 1. The molecule has 0 aliphatic heterocycles. The van der Waals surface area contributed by atoms with Crippen molar-refractivity contribution in [1.82, 2.24) is 10.3 Å². The van der Waals surface area contributed by atoms with Gasteiger partial charge in [0.15, 0.2) is 0 Å². The number of carbonyl (C=O) groups excluding carboxylic acids is 1. The molecule has 2 atom stereocenters. The van der Waals surface area contributed by atoms with Gasteiger partial charge < -0.3 is 10.4 Å². The molecule has 5 nitrogen and oxygen atoms in total. The summed E-state index contributed by atoms with van der Waals surface area (Å²) >= 11 is 1.40. The summed E-state index contributed by atoms with van der Waals surface area (Å²) in [6, 6.07) is -0.0294. The van der Waals surface area contributed by atoms with E-state index in [1.807, 2.05) is 13.8 Å². The minimum Gasteiger partial charge on any atom is -0.481 e. The summed E-state index contributed by atoms with van der Waals surface area (Å²) in [7, 11) is 0. The quantitative estimate of drug-likeness (QED) is 0.887. The fourth-order valence-corrected chi connectivity index (χ4v) is 3.08. The van der Waals surface area contributed by atoms with Crippen molar-refractivity contribution in [3.05, 3.63) is 16.1 Å². The molecule has 0 radical (unpaired) electrons. The van der Waals surface area contributed by atoms with Crippen LogP contribution in [0.4, 0.5) is 0 Å². The van der Waals surface area contributed by atoms with Crippen molar-refractivity contribution < 1.29 is 14.7 Å². The summed E-state index contributed by atoms with van der Waals surface area (Å²) in [5, 5.41) is 12.8. The van der Waals surface area contributed by atoms with E-state index in [0.717, 1.165) is 11.4 Å². The summed E-state index contributed by atoms with van der Waals surface area (Å²) in [4.78, 5) is 27.7.